The maximum atomic E-state index is 13.3. The van der Waals surface area contributed by atoms with Crippen molar-refractivity contribution in [1.29, 1.82) is 0 Å². The van der Waals surface area contributed by atoms with Gasteiger partial charge in [-0.1, -0.05) is 36.3 Å². The van der Waals surface area contributed by atoms with E-state index in [0.29, 0.717) is 43.9 Å². The molecule has 0 unspecified atom stereocenters. The Hall–Kier alpha value is -4.11. The molecule has 0 saturated carbocycles. The van der Waals surface area contributed by atoms with Crippen molar-refractivity contribution in [3.8, 4) is 11.8 Å². The fourth-order valence-electron chi connectivity index (χ4n) is 5.36. The second-order valence-corrected chi connectivity index (χ2v) is 11.9. The lowest BCUT2D eigenvalue weighted by Gasteiger charge is -2.39. The highest BCUT2D eigenvalue weighted by Gasteiger charge is 2.49. The third-order valence-electron chi connectivity index (χ3n) is 7.43. The van der Waals surface area contributed by atoms with Crippen LogP contribution in [0.5, 0.6) is 0 Å². The number of nitrogens with one attached hydrogen (secondary N) is 2. The molecule has 0 aliphatic carbocycles. The third kappa shape index (κ3) is 5.47. The molecule has 40 heavy (non-hydrogen) atoms. The predicted molar refractivity (Wildman–Crippen MR) is 151 cm³/mol. The Balaban J connectivity index is 1.33. The van der Waals surface area contributed by atoms with Gasteiger partial charge in [0.1, 0.15) is 5.75 Å². The number of sulfonamides is 1. The number of nitrogens with two attached hydrogens (primary N) is 1. The lowest BCUT2D eigenvalue weighted by atomic mass is 9.74. The van der Waals surface area contributed by atoms with Crippen molar-refractivity contribution >= 4 is 27.5 Å². The first kappa shape index (κ1) is 27.5. The van der Waals surface area contributed by atoms with Gasteiger partial charge in [-0.3, -0.25) is 19.3 Å². The summed E-state index contributed by atoms with van der Waals surface area (Å²) in [6.45, 7) is 1.36. The molecule has 11 heteroatoms. The molecule has 2 aromatic carbocycles. The van der Waals surface area contributed by atoms with Crippen molar-refractivity contribution in [3.05, 3.63) is 88.9 Å². The van der Waals surface area contributed by atoms with E-state index in [2.05, 4.69) is 22.7 Å². The third-order valence-corrected chi connectivity index (χ3v) is 9.05. The van der Waals surface area contributed by atoms with Crippen molar-refractivity contribution in [2.24, 2.45) is 5.73 Å². The number of carbonyl (C=O) groups is 2. The highest BCUT2D eigenvalue weighted by Crippen LogP contribution is 2.48. The van der Waals surface area contributed by atoms with Crippen molar-refractivity contribution in [3.63, 3.8) is 0 Å². The molecule has 10 nitrogen and oxygen atoms in total. The van der Waals surface area contributed by atoms with E-state index in [0.717, 1.165) is 16.7 Å². The van der Waals surface area contributed by atoms with Crippen LogP contribution < -0.4 is 20.9 Å². The molecule has 1 spiro atoms. The maximum Gasteiger partial charge on any atom is 0.289 e. The van der Waals surface area contributed by atoms with Crippen molar-refractivity contribution < 1.29 is 22.4 Å². The zero-order chi connectivity index (χ0) is 28.3. The molecule has 5 rings (SSSR count). The summed E-state index contributed by atoms with van der Waals surface area (Å²) in [5, 5.41) is 0. The largest absolute Gasteiger partial charge is 0.443 e. The van der Waals surface area contributed by atoms with Crippen LogP contribution in [-0.2, 0) is 26.8 Å². The van der Waals surface area contributed by atoms with Gasteiger partial charge in [-0.15, -0.1) is 0 Å². The summed E-state index contributed by atoms with van der Waals surface area (Å²) in [6.07, 6.45) is 1.10. The van der Waals surface area contributed by atoms with Crippen molar-refractivity contribution in [1.82, 2.24) is 15.8 Å². The van der Waals surface area contributed by atoms with Gasteiger partial charge in [0.05, 0.1) is 5.69 Å². The molecule has 2 amide bonds. The van der Waals surface area contributed by atoms with E-state index in [1.165, 1.54) is 11.4 Å². The fourth-order valence-corrected chi connectivity index (χ4v) is 6.82. The van der Waals surface area contributed by atoms with Crippen LogP contribution >= 0.6 is 0 Å². The van der Waals surface area contributed by atoms with Crippen LogP contribution in [0, 0.1) is 11.8 Å². The van der Waals surface area contributed by atoms with Gasteiger partial charge in [-0.2, -0.15) is 0 Å². The van der Waals surface area contributed by atoms with Crippen molar-refractivity contribution in [2.75, 3.05) is 36.7 Å². The first-order valence-corrected chi connectivity index (χ1v) is 14.6. The molecule has 1 fully saturated rings. The van der Waals surface area contributed by atoms with E-state index in [-0.39, 0.29) is 18.2 Å². The predicted octanol–water partition coefficient (Wildman–Crippen LogP) is 1.71. The van der Waals surface area contributed by atoms with Crippen LogP contribution in [0.4, 0.5) is 5.69 Å². The number of hydrogen-bond donors (Lipinski definition) is 3. The van der Waals surface area contributed by atoms with Gasteiger partial charge in [0, 0.05) is 44.2 Å². The van der Waals surface area contributed by atoms with Gasteiger partial charge in [0.25, 0.3) is 11.8 Å². The summed E-state index contributed by atoms with van der Waals surface area (Å²) >= 11 is 0. The molecular weight excluding hydrogens is 530 g/mol. The molecule has 2 aliphatic heterocycles. The summed E-state index contributed by atoms with van der Waals surface area (Å²) in [5.74, 6) is 5.03. The molecule has 2 aliphatic rings. The number of fused-ring (bicyclic) bond motifs is 2. The quantitative estimate of drug-likeness (QED) is 0.308. The van der Waals surface area contributed by atoms with Gasteiger partial charge in [0.2, 0.25) is 10.0 Å². The molecule has 4 N–H and O–H groups in total. The van der Waals surface area contributed by atoms with E-state index < -0.39 is 27.1 Å². The van der Waals surface area contributed by atoms with E-state index in [4.69, 9.17) is 10.2 Å². The number of anilines is 1. The molecular formula is C29H31N5O5S. The highest BCUT2D eigenvalue weighted by molar-refractivity contribution is 7.93. The smallest absolute Gasteiger partial charge is 0.289 e. The number of hydrogen-bond acceptors (Lipinski definition) is 7. The van der Waals surface area contributed by atoms with Crippen molar-refractivity contribution in [2.45, 2.75) is 24.8 Å². The number of likely N-dealkylation sites (tertiary alicyclic amines) is 1. The molecule has 1 aromatic heterocycles. The van der Waals surface area contributed by atoms with Crippen LogP contribution in [0.1, 0.15) is 45.8 Å². The van der Waals surface area contributed by atoms with Crippen LogP contribution in [0.3, 0.4) is 0 Å². The topological polar surface area (TPSA) is 138 Å². The lowest BCUT2D eigenvalue weighted by Crippen LogP contribution is -2.49. The van der Waals surface area contributed by atoms with Gasteiger partial charge in [-0.25, -0.2) is 13.8 Å². The van der Waals surface area contributed by atoms with Gasteiger partial charge in [-0.05, 0) is 60.2 Å². The Bertz CT molecular complexity index is 1580. The fraction of sp³-hybridized carbons (Fsp3) is 0.310. The minimum Gasteiger partial charge on any atom is -0.443 e. The number of rotatable bonds is 6. The number of carbonyl (C=O) groups excluding carboxylic acids is 2. The van der Waals surface area contributed by atoms with Crippen LogP contribution in [0.25, 0.3) is 0 Å². The van der Waals surface area contributed by atoms with E-state index in [9.17, 15) is 18.0 Å². The first-order chi connectivity index (χ1) is 19.2. The summed E-state index contributed by atoms with van der Waals surface area (Å²) in [7, 11) is -2.45. The molecule has 208 valence electrons. The number of amides is 2. The first-order valence-electron chi connectivity index (χ1n) is 13.0. The number of furan rings is 1. The lowest BCUT2D eigenvalue weighted by molar-refractivity contribution is -0.119. The van der Waals surface area contributed by atoms with Gasteiger partial charge >= 0.3 is 0 Å². The van der Waals surface area contributed by atoms with Crippen LogP contribution in [0.2, 0.25) is 0 Å². The average Bonchev–Trinajstić information content (AvgIpc) is 3.56. The second kappa shape index (κ2) is 11.2. The standard InChI is InChI=1S/C29H31N5O5S/c1-31-32-27(35)19-40(37,38)34-20-29(24-17-22(18-30)8-11-25(24)34)13-15-33(16-14-29)28(36)26-12-10-23(39-26)9-7-21-5-3-2-4-6-21/h2-6,8,10-12,17,31H,13-16,18-20,30H2,1H3,(H,32,35). The summed E-state index contributed by atoms with van der Waals surface area (Å²) < 4.78 is 33.6. The summed E-state index contributed by atoms with van der Waals surface area (Å²) in [5.41, 5.74) is 13.4. The van der Waals surface area contributed by atoms with Crippen LogP contribution in [0.15, 0.2) is 65.1 Å². The number of piperidine rings is 1. The minimum absolute atomic E-state index is 0.202. The molecule has 3 aromatic rings. The number of nitrogens with zero attached hydrogens (tertiary/aromatic N) is 2. The molecule has 1 saturated heterocycles. The SMILES string of the molecule is CNNC(=O)CS(=O)(=O)N1CC2(CCN(C(=O)c3ccc(C#Cc4ccccc4)o3)CC2)c2cc(CN)ccc21. The Labute approximate surface area is 233 Å². The summed E-state index contributed by atoms with van der Waals surface area (Å²) in [6, 6.07) is 18.4. The molecule has 0 bridgehead atoms. The Morgan fingerprint density at radius 3 is 2.50 bits per heavy atom. The van der Waals surface area contributed by atoms with E-state index in [1.54, 1.807) is 23.1 Å². The molecule has 0 radical (unpaired) electrons. The average molecular weight is 562 g/mol. The molecule has 0 atom stereocenters. The summed E-state index contributed by atoms with van der Waals surface area (Å²) in [4.78, 5) is 27.1. The normalized spacial score (nSPS) is 15.8. The van der Waals surface area contributed by atoms with Crippen LogP contribution in [-0.4, -0.2) is 57.6 Å². The monoisotopic (exact) mass is 561 g/mol. The Morgan fingerprint density at radius 2 is 1.80 bits per heavy atom. The Morgan fingerprint density at radius 1 is 1.05 bits per heavy atom. The molecule has 3 heterocycles. The van der Waals surface area contributed by atoms with Gasteiger partial charge in [0.15, 0.2) is 11.5 Å². The number of benzene rings is 2. The zero-order valence-corrected chi connectivity index (χ0v) is 23.0. The van der Waals surface area contributed by atoms with E-state index >= 15 is 0 Å². The second-order valence-electron chi connectivity index (χ2n) is 9.97. The minimum atomic E-state index is -3.94. The maximum absolute atomic E-state index is 13.3. The zero-order valence-electron chi connectivity index (χ0n) is 22.1. The van der Waals surface area contributed by atoms with Gasteiger partial charge < -0.3 is 15.1 Å². The number of hydrazine groups is 1. The Kier molecular flexibility index (Phi) is 7.67. The highest BCUT2D eigenvalue weighted by atomic mass is 32.2. The van der Waals surface area contributed by atoms with E-state index in [1.807, 2.05) is 42.5 Å².